The van der Waals surface area contributed by atoms with E-state index in [0.717, 1.165) is 17.8 Å². The number of nitrogens with two attached hydrogens (primary N) is 1. The van der Waals surface area contributed by atoms with E-state index in [0.29, 0.717) is 17.5 Å². The van der Waals surface area contributed by atoms with E-state index >= 15 is 0 Å². The van der Waals surface area contributed by atoms with Crippen molar-refractivity contribution >= 4 is 5.69 Å². The molecule has 1 heterocycles. The van der Waals surface area contributed by atoms with Crippen molar-refractivity contribution in [2.75, 3.05) is 11.4 Å². The Morgan fingerprint density at radius 1 is 1.32 bits per heavy atom. The topological polar surface area (TPSA) is 29.3 Å². The molecule has 0 saturated carbocycles. The lowest BCUT2D eigenvalue weighted by molar-refractivity contribution is 0.490. The molecule has 19 heavy (non-hydrogen) atoms. The molecule has 1 aromatic carbocycles. The number of anilines is 1. The van der Waals surface area contributed by atoms with Crippen molar-refractivity contribution in [3.8, 4) is 0 Å². The van der Waals surface area contributed by atoms with Crippen LogP contribution in [-0.4, -0.2) is 12.6 Å². The molecule has 106 valence electrons. The Bertz CT molecular complexity index is 454. The standard InChI is InChI=1S/C16H25FN2/c1-10(2)15-6-5-7-19(15)16-8-11(3)14(17)9-13(16)12(4)18/h8-10,12,15H,5-7,18H2,1-4H3/t12-,15?/m1/s1. The Morgan fingerprint density at radius 3 is 2.58 bits per heavy atom. The molecule has 1 aromatic rings. The van der Waals surface area contributed by atoms with Crippen LogP contribution in [0.25, 0.3) is 0 Å². The zero-order valence-corrected chi connectivity index (χ0v) is 12.4. The van der Waals surface area contributed by atoms with Crippen LogP contribution in [0.5, 0.6) is 0 Å². The van der Waals surface area contributed by atoms with E-state index in [4.69, 9.17) is 5.73 Å². The molecule has 1 aliphatic heterocycles. The first-order valence-electron chi connectivity index (χ1n) is 7.24. The highest BCUT2D eigenvalue weighted by Gasteiger charge is 2.29. The maximum absolute atomic E-state index is 13.8. The van der Waals surface area contributed by atoms with Gasteiger partial charge in [0.1, 0.15) is 5.82 Å². The average Bonchev–Trinajstić information content (AvgIpc) is 2.80. The number of aryl methyl sites for hydroxylation is 1. The lowest BCUT2D eigenvalue weighted by Crippen LogP contribution is -2.34. The van der Waals surface area contributed by atoms with Gasteiger partial charge in [-0.1, -0.05) is 13.8 Å². The highest BCUT2D eigenvalue weighted by Crippen LogP contribution is 2.35. The third-order valence-electron chi connectivity index (χ3n) is 4.18. The maximum atomic E-state index is 13.8. The van der Waals surface area contributed by atoms with Crippen LogP contribution >= 0.6 is 0 Å². The summed E-state index contributed by atoms with van der Waals surface area (Å²) in [4.78, 5) is 2.43. The van der Waals surface area contributed by atoms with Crippen LogP contribution in [0.2, 0.25) is 0 Å². The summed E-state index contributed by atoms with van der Waals surface area (Å²) in [5.41, 5.74) is 8.79. The van der Waals surface area contributed by atoms with Crippen LogP contribution in [0.15, 0.2) is 12.1 Å². The third kappa shape index (κ3) is 2.76. The van der Waals surface area contributed by atoms with Crippen LogP contribution in [0.3, 0.4) is 0 Å². The van der Waals surface area contributed by atoms with Crippen molar-refractivity contribution in [3.05, 3.63) is 29.1 Å². The van der Waals surface area contributed by atoms with E-state index < -0.39 is 0 Å². The van der Waals surface area contributed by atoms with E-state index in [1.807, 2.05) is 19.9 Å². The quantitative estimate of drug-likeness (QED) is 0.900. The number of hydrogen-bond acceptors (Lipinski definition) is 2. The molecule has 1 fully saturated rings. The Balaban J connectivity index is 2.45. The van der Waals surface area contributed by atoms with E-state index in [2.05, 4.69) is 18.7 Å². The number of nitrogens with zero attached hydrogens (tertiary/aromatic N) is 1. The van der Waals surface area contributed by atoms with Gasteiger partial charge in [0.05, 0.1) is 0 Å². The molecule has 0 spiro atoms. The SMILES string of the molecule is Cc1cc(N2CCCC2C(C)C)c([C@@H](C)N)cc1F. The van der Waals surface area contributed by atoms with Crippen molar-refractivity contribution in [1.29, 1.82) is 0 Å². The average molecular weight is 264 g/mol. The third-order valence-corrected chi connectivity index (χ3v) is 4.18. The van der Waals surface area contributed by atoms with Crippen LogP contribution in [0.1, 0.15) is 50.8 Å². The molecule has 2 rings (SSSR count). The van der Waals surface area contributed by atoms with Gasteiger partial charge in [0.15, 0.2) is 0 Å². The Labute approximate surface area is 115 Å². The van der Waals surface area contributed by atoms with Crippen molar-refractivity contribution in [2.45, 2.75) is 52.6 Å². The van der Waals surface area contributed by atoms with Gasteiger partial charge < -0.3 is 10.6 Å². The van der Waals surface area contributed by atoms with Crippen LogP contribution in [0, 0.1) is 18.7 Å². The molecule has 0 bridgehead atoms. The first-order chi connectivity index (χ1) is 8.91. The highest BCUT2D eigenvalue weighted by atomic mass is 19.1. The van der Waals surface area contributed by atoms with E-state index in [-0.39, 0.29) is 11.9 Å². The minimum atomic E-state index is -0.156. The fraction of sp³-hybridized carbons (Fsp3) is 0.625. The van der Waals surface area contributed by atoms with E-state index in [1.165, 1.54) is 12.8 Å². The summed E-state index contributed by atoms with van der Waals surface area (Å²) in [7, 11) is 0. The van der Waals surface area contributed by atoms with Crippen LogP contribution < -0.4 is 10.6 Å². The Morgan fingerprint density at radius 2 is 2.00 bits per heavy atom. The minimum Gasteiger partial charge on any atom is -0.368 e. The lowest BCUT2D eigenvalue weighted by atomic mass is 9.98. The Hall–Kier alpha value is -1.09. The second-order valence-corrected chi connectivity index (χ2v) is 6.10. The molecular weight excluding hydrogens is 239 g/mol. The number of halogens is 1. The van der Waals surface area contributed by atoms with Gasteiger partial charge in [0, 0.05) is 24.3 Å². The first kappa shape index (κ1) is 14.3. The van der Waals surface area contributed by atoms with Gasteiger partial charge >= 0.3 is 0 Å². The lowest BCUT2D eigenvalue weighted by Gasteiger charge is -2.32. The summed E-state index contributed by atoms with van der Waals surface area (Å²) in [6.45, 7) is 9.31. The monoisotopic (exact) mass is 264 g/mol. The predicted octanol–water partition coefficient (Wildman–Crippen LogP) is 3.78. The predicted molar refractivity (Wildman–Crippen MR) is 78.9 cm³/mol. The second-order valence-electron chi connectivity index (χ2n) is 6.10. The molecule has 0 radical (unpaired) electrons. The van der Waals surface area contributed by atoms with Gasteiger partial charge in [-0.3, -0.25) is 0 Å². The molecule has 0 aliphatic carbocycles. The number of rotatable bonds is 3. The Kier molecular flexibility index (Phi) is 4.14. The summed E-state index contributed by atoms with van der Waals surface area (Å²) in [5, 5.41) is 0. The van der Waals surface area contributed by atoms with Crippen molar-refractivity contribution < 1.29 is 4.39 Å². The van der Waals surface area contributed by atoms with Gasteiger partial charge in [0.2, 0.25) is 0 Å². The van der Waals surface area contributed by atoms with Gasteiger partial charge in [-0.2, -0.15) is 0 Å². The second kappa shape index (κ2) is 5.49. The van der Waals surface area contributed by atoms with Crippen molar-refractivity contribution in [2.24, 2.45) is 11.7 Å². The minimum absolute atomic E-state index is 0.140. The number of hydrogen-bond donors (Lipinski definition) is 1. The van der Waals surface area contributed by atoms with Gasteiger partial charge in [-0.25, -0.2) is 4.39 Å². The summed E-state index contributed by atoms with van der Waals surface area (Å²) in [6, 6.07) is 3.99. The smallest absolute Gasteiger partial charge is 0.126 e. The molecule has 0 amide bonds. The molecule has 0 aromatic heterocycles. The summed E-state index contributed by atoms with van der Waals surface area (Å²) < 4.78 is 13.8. The van der Waals surface area contributed by atoms with Crippen LogP contribution in [0.4, 0.5) is 10.1 Å². The van der Waals surface area contributed by atoms with Gasteiger partial charge in [-0.05, 0) is 55.9 Å². The first-order valence-corrected chi connectivity index (χ1v) is 7.24. The van der Waals surface area contributed by atoms with Crippen molar-refractivity contribution in [1.82, 2.24) is 0 Å². The zero-order valence-electron chi connectivity index (χ0n) is 12.4. The molecule has 2 N–H and O–H groups in total. The normalized spacial score (nSPS) is 21.2. The van der Waals surface area contributed by atoms with E-state index in [9.17, 15) is 4.39 Å². The van der Waals surface area contributed by atoms with Gasteiger partial charge in [0.25, 0.3) is 0 Å². The fourth-order valence-electron chi connectivity index (χ4n) is 3.08. The van der Waals surface area contributed by atoms with Gasteiger partial charge in [-0.15, -0.1) is 0 Å². The highest BCUT2D eigenvalue weighted by molar-refractivity contribution is 5.58. The van der Waals surface area contributed by atoms with Crippen LogP contribution in [-0.2, 0) is 0 Å². The zero-order chi connectivity index (χ0) is 14.2. The molecule has 3 heteroatoms. The van der Waals surface area contributed by atoms with Crippen molar-refractivity contribution in [3.63, 3.8) is 0 Å². The fourth-order valence-corrected chi connectivity index (χ4v) is 3.08. The molecule has 1 unspecified atom stereocenters. The molecular formula is C16H25FN2. The molecule has 2 atom stereocenters. The summed E-state index contributed by atoms with van der Waals surface area (Å²) in [6.07, 6.45) is 2.42. The summed E-state index contributed by atoms with van der Waals surface area (Å²) in [5.74, 6) is 0.449. The van der Waals surface area contributed by atoms with E-state index in [1.54, 1.807) is 6.07 Å². The number of benzene rings is 1. The molecule has 1 aliphatic rings. The largest absolute Gasteiger partial charge is 0.368 e. The molecule has 1 saturated heterocycles. The molecule has 2 nitrogen and oxygen atoms in total. The maximum Gasteiger partial charge on any atom is 0.126 e. The summed E-state index contributed by atoms with van der Waals surface area (Å²) >= 11 is 0.